The summed E-state index contributed by atoms with van der Waals surface area (Å²) in [5.74, 6) is 0.186. The van der Waals surface area contributed by atoms with Gasteiger partial charge in [0.05, 0.1) is 16.6 Å². The van der Waals surface area contributed by atoms with Crippen molar-refractivity contribution in [2.75, 3.05) is 6.54 Å². The fourth-order valence-corrected chi connectivity index (χ4v) is 4.69. The summed E-state index contributed by atoms with van der Waals surface area (Å²) in [5, 5.41) is 3.92. The Kier molecular flexibility index (Phi) is 3.78. The van der Waals surface area contributed by atoms with Gasteiger partial charge in [-0.15, -0.1) is 0 Å². The molecule has 0 radical (unpaired) electrons. The van der Waals surface area contributed by atoms with Gasteiger partial charge in [0.1, 0.15) is 11.6 Å². The highest BCUT2D eigenvalue weighted by atomic mass is 32.2. The molecule has 1 aromatic carbocycles. The normalized spacial score (nSPS) is 19.7. The molecule has 0 saturated carbocycles. The molecule has 5 nitrogen and oxygen atoms in total. The maximum Gasteiger partial charge on any atom is 0.243 e. The first kappa shape index (κ1) is 15.2. The number of aromatic nitrogens is 1. The van der Waals surface area contributed by atoms with Crippen LogP contribution in [-0.4, -0.2) is 24.4 Å². The molecule has 1 atom stereocenters. The van der Waals surface area contributed by atoms with E-state index in [1.807, 2.05) is 6.92 Å². The number of benzene rings is 1. The van der Waals surface area contributed by atoms with E-state index in [4.69, 9.17) is 4.52 Å². The largest absolute Gasteiger partial charge is 0.361 e. The van der Waals surface area contributed by atoms with Crippen molar-refractivity contribution in [3.63, 3.8) is 0 Å². The Morgan fingerprint density at radius 3 is 2.55 bits per heavy atom. The Bertz CT molecular complexity index is 764. The molecule has 0 bridgehead atoms. The van der Waals surface area contributed by atoms with Gasteiger partial charge in [0.2, 0.25) is 10.0 Å². The van der Waals surface area contributed by atoms with Crippen molar-refractivity contribution in [1.29, 1.82) is 0 Å². The second kappa shape index (κ2) is 5.48. The number of rotatable bonds is 3. The van der Waals surface area contributed by atoms with E-state index in [0.29, 0.717) is 18.0 Å². The lowest BCUT2D eigenvalue weighted by Gasteiger charge is -2.24. The SMILES string of the molecule is Cc1noc(C)c1[C@@H]1CCCN1S(=O)(=O)c1ccc(F)cc1. The molecule has 7 heteroatoms. The smallest absolute Gasteiger partial charge is 0.243 e. The average molecular weight is 324 g/mol. The Hall–Kier alpha value is -1.73. The molecule has 1 aliphatic rings. The molecule has 0 unspecified atom stereocenters. The molecule has 118 valence electrons. The van der Waals surface area contributed by atoms with Crippen LogP contribution in [0, 0.1) is 19.7 Å². The predicted octanol–water partition coefficient (Wildman–Crippen LogP) is 2.96. The van der Waals surface area contributed by atoms with Gasteiger partial charge >= 0.3 is 0 Å². The zero-order valence-corrected chi connectivity index (χ0v) is 13.2. The van der Waals surface area contributed by atoms with Crippen LogP contribution in [-0.2, 0) is 10.0 Å². The summed E-state index contributed by atoms with van der Waals surface area (Å²) < 4.78 is 45.3. The number of hydrogen-bond donors (Lipinski definition) is 0. The first-order chi connectivity index (χ1) is 10.4. The number of aryl methyl sites for hydroxylation is 2. The summed E-state index contributed by atoms with van der Waals surface area (Å²) in [4.78, 5) is 0.104. The minimum Gasteiger partial charge on any atom is -0.361 e. The fourth-order valence-electron chi connectivity index (χ4n) is 3.02. The maximum atomic E-state index is 13.0. The van der Waals surface area contributed by atoms with Gasteiger partial charge in [-0.3, -0.25) is 0 Å². The van der Waals surface area contributed by atoms with Crippen LogP contribution in [0.25, 0.3) is 0 Å². The second-order valence-electron chi connectivity index (χ2n) is 5.47. The van der Waals surface area contributed by atoms with Gasteiger partial charge in [-0.05, 0) is 51.0 Å². The van der Waals surface area contributed by atoms with Gasteiger partial charge in [0.25, 0.3) is 0 Å². The van der Waals surface area contributed by atoms with Crippen molar-refractivity contribution in [2.24, 2.45) is 0 Å². The van der Waals surface area contributed by atoms with Crippen molar-refractivity contribution in [3.05, 3.63) is 47.1 Å². The third-order valence-corrected chi connectivity index (χ3v) is 5.97. The molecule has 0 N–H and O–H groups in total. The first-order valence-corrected chi connectivity index (χ1v) is 8.55. The van der Waals surface area contributed by atoms with Crippen LogP contribution >= 0.6 is 0 Å². The topological polar surface area (TPSA) is 63.4 Å². The lowest BCUT2D eigenvalue weighted by Crippen LogP contribution is -2.31. The summed E-state index contributed by atoms with van der Waals surface area (Å²) in [6.07, 6.45) is 1.50. The highest BCUT2D eigenvalue weighted by Crippen LogP contribution is 2.39. The van der Waals surface area contributed by atoms with Gasteiger partial charge in [-0.25, -0.2) is 12.8 Å². The molecule has 0 spiro atoms. The van der Waals surface area contributed by atoms with E-state index in [-0.39, 0.29) is 10.9 Å². The van der Waals surface area contributed by atoms with Gasteiger partial charge in [-0.1, -0.05) is 5.16 Å². The number of sulfonamides is 1. The molecular weight excluding hydrogens is 307 g/mol. The molecule has 2 aromatic rings. The van der Waals surface area contributed by atoms with Crippen LogP contribution in [0.1, 0.15) is 35.9 Å². The van der Waals surface area contributed by atoms with Gasteiger partial charge < -0.3 is 4.52 Å². The van der Waals surface area contributed by atoms with E-state index in [9.17, 15) is 12.8 Å². The Morgan fingerprint density at radius 1 is 1.27 bits per heavy atom. The second-order valence-corrected chi connectivity index (χ2v) is 7.36. The van der Waals surface area contributed by atoms with Crippen LogP contribution in [0.4, 0.5) is 4.39 Å². The zero-order valence-electron chi connectivity index (χ0n) is 12.4. The number of hydrogen-bond acceptors (Lipinski definition) is 4. The van der Waals surface area contributed by atoms with Crippen molar-refractivity contribution < 1.29 is 17.3 Å². The minimum atomic E-state index is -3.67. The summed E-state index contributed by atoms with van der Waals surface area (Å²) in [7, 11) is -3.67. The number of halogens is 1. The summed E-state index contributed by atoms with van der Waals surface area (Å²) >= 11 is 0. The molecule has 2 heterocycles. The van der Waals surface area contributed by atoms with Crippen molar-refractivity contribution >= 4 is 10.0 Å². The van der Waals surface area contributed by atoms with E-state index in [1.165, 1.54) is 16.4 Å². The standard InChI is InChI=1S/C15H17FN2O3S/c1-10-15(11(2)21-17-10)14-4-3-9-18(14)22(19,20)13-7-5-12(16)6-8-13/h5-8,14H,3-4,9H2,1-2H3/t14-/m0/s1. The van der Waals surface area contributed by atoms with E-state index in [0.717, 1.165) is 30.5 Å². The van der Waals surface area contributed by atoms with E-state index >= 15 is 0 Å². The highest BCUT2D eigenvalue weighted by Gasteiger charge is 2.38. The summed E-state index contributed by atoms with van der Waals surface area (Å²) in [5.41, 5.74) is 1.55. The van der Waals surface area contributed by atoms with Gasteiger partial charge in [-0.2, -0.15) is 4.31 Å². The maximum absolute atomic E-state index is 13.0. The van der Waals surface area contributed by atoms with Gasteiger partial charge in [0.15, 0.2) is 0 Å². The van der Waals surface area contributed by atoms with Gasteiger partial charge in [0, 0.05) is 12.1 Å². The third kappa shape index (κ3) is 2.44. The molecule has 1 aromatic heterocycles. The molecule has 0 aliphatic carbocycles. The molecule has 3 rings (SSSR count). The highest BCUT2D eigenvalue weighted by molar-refractivity contribution is 7.89. The first-order valence-electron chi connectivity index (χ1n) is 7.11. The Balaban J connectivity index is 2.01. The van der Waals surface area contributed by atoms with E-state index < -0.39 is 15.8 Å². The van der Waals surface area contributed by atoms with Crippen molar-refractivity contribution in [1.82, 2.24) is 9.46 Å². The number of nitrogens with zero attached hydrogens (tertiary/aromatic N) is 2. The average Bonchev–Trinajstić information content (AvgIpc) is 3.06. The van der Waals surface area contributed by atoms with Crippen LogP contribution < -0.4 is 0 Å². The Morgan fingerprint density at radius 2 is 1.95 bits per heavy atom. The van der Waals surface area contributed by atoms with Crippen LogP contribution in [0.5, 0.6) is 0 Å². The molecule has 22 heavy (non-hydrogen) atoms. The Labute approximate surface area is 128 Å². The van der Waals surface area contributed by atoms with Crippen LogP contribution in [0.2, 0.25) is 0 Å². The zero-order chi connectivity index (χ0) is 15.9. The van der Waals surface area contributed by atoms with Crippen LogP contribution in [0.3, 0.4) is 0 Å². The summed E-state index contributed by atoms with van der Waals surface area (Å²) in [6, 6.07) is 4.64. The minimum absolute atomic E-state index is 0.104. The van der Waals surface area contributed by atoms with E-state index in [2.05, 4.69) is 5.16 Å². The monoisotopic (exact) mass is 324 g/mol. The van der Waals surface area contributed by atoms with Crippen molar-refractivity contribution in [2.45, 2.75) is 37.6 Å². The lowest BCUT2D eigenvalue weighted by atomic mass is 10.0. The van der Waals surface area contributed by atoms with E-state index in [1.54, 1.807) is 6.92 Å². The van der Waals surface area contributed by atoms with Crippen molar-refractivity contribution in [3.8, 4) is 0 Å². The predicted molar refractivity (Wildman–Crippen MR) is 78.2 cm³/mol. The third-order valence-electron chi connectivity index (χ3n) is 4.05. The molecule has 1 saturated heterocycles. The molecular formula is C15H17FN2O3S. The fraction of sp³-hybridized carbons (Fsp3) is 0.400. The lowest BCUT2D eigenvalue weighted by molar-refractivity contribution is 0.376. The molecule has 0 amide bonds. The van der Waals surface area contributed by atoms with Crippen LogP contribution in [0.15, 0.2) is 33.7 Å². The molecule has 1 aliphatic heterocycles. The quantitative estimate of drug-likeness (QED) is 0.871. The molecule has 1 fully saturated rings. The summed E-state index contributed by atoms with van der Waals surface area (Å²) in [6.45, 7) is 4.04.